The van der Waals surface area contributed by atoms with Gasteiger partial charge in [0.25, 0.3) is 0 Å². The van der Waals surface area contributed by atoms with Crippen molar-refractivity contribution in [2.75, 3.05) is 0 Å². The molecular formula is C81H56BN. The van der Waals surface area contributed by atoms with Gasteiger partial charge in [0.2, 0.25) is 6.71 Å². The molecule has 0 spiro atoms. The van der Waals surface area contributed by atoms with Crippen LogP contribution in [0.1, 0.15) is 25.0 Å². The van der Waals surface area contributed by atoms with Gasteiger partial charge in [0, 0.05) is 27.4 Å². The van der Waals surface area contributed by atoms with Crippen LogP contribution in [0.3, 0.4) is 0 Å². The van der Waals surface area contributed by atoms with E-state index in [1.165, 1.54) is 155 Å². The highest BCUT2D eigenvalue weighted by Crippen LogP contribution is 2.52. The van der Waals surface area contributed by atoms with Crippen LogP contribution >= 0.6 is 0 Å². The largest absolute Gasteiger partial charge is 0.310 e. The van der Waals surface area contributed by atoms with Gasteiger partial charge in [-0.3, -0.25) is 0 Å². The van der Waals surface area contributed by atoms with E-state index >= 15 is 0 Å². The van der Waals surface area contributed by atoms with Crippen LogP contribution in [0.25, 0.3) is 128 Å². The zero-order valence-corrected chi connectivity index (χ0v) is 46.4. The molecular weight excluding hydrogens is 998 g/mol. The van der Waals surface area contributed by atoms with Crippen LogP contribution in [0, 0.1) is 0 Å². The molecule has 1 aromatic heterocycles. The first-order valence-corrected chi connectivity index (χ1v) is 29.1. The molecule has 2 aliphatic rings. The van der Waals surface area contributed by atoms with Gasteiger partial charge in [-0.25, -0.2) is 0 Å². The summed E-state index contributed by atoms with van der Waals surface area (Å²) in [6, 6.07) is 114. The summed E-state index contributed by atoms with van der Waals surface area (Å²) >= 11 is 0. The van der Waals surface area contributed by atoms with Crippen molar-refractivity contribution in [3.63, 3.8) is 0 Å². The van der Waals surface area contributed by atoms with Crippen molar-refractivity contribution in [1.29, 1.82) is 0 Å². The van der Waals surface area contributed by atoms with Crippen LogP contribution in [-0.2, 0) is 5.41 Å². The molecule has 0 unspecified atom stereocenters. The van der Waals surface area contributed by atoms with Crippen LogP contribution in [0.2, 0.25) is 0 Å². The maximum Gasteiger partial charge on any atom is 0.248 e. The normalized spacial score (nSPS) is 12.8. The lowest BCUT2D eigenvalue weighted by Crippen LogP contribution is -2.58. The monoisotopic (exact) mass is 1050 g/mol. The van der Waals surface area contributed by atoms with Gasteiger partial charge >= 0.3 is 0 Å². The predicted octanol–water partition coefficient (Wildman–Crippen LogP) is 19.3. The van der Waals surface area contributed by atoms with Crippen molar-refractivity contribution >= 4 is 44.9 Å². The topological polar surface area (TPSA) is 4.93 Å². The Morgan fingerprint density at radius 3 is 1.05 bits per heavy atom. The van der Waals surface area contributed by atoms with E-state index in [-0.39, 0.29) is 6.71 Å². The smallest absolute Gasteiger partial charge is 0.248 e. The Labute approximate surface area is 486 Å². The summed E-state index contributed by atoms with van der Waals surface area (Å²) in [5.74, 6) is 0. The molecule has 0 saturated heterocycles. The number of aromatic nitrogens is 1. The molecule has 0 fully saturated rings. The fourth-order valence-corrected chi connectivity index (χ4v) is 14.1. The number of benzene rings is 13. The highest BCUT2D eigenvalue weighted by Gasteiger charge is 2.45. The standard InChI is InChI=1S/C81H56BN/c1-81(2)73-50-63(67-39-23-21-37-65(67)57-29-13-5-14-30-57)47-71-72-48-64(68-40-24-22-38-66(68)58-31-15-6-16-32-58)52-75-79(72)83(78(71)73)80-74(81)49-62(56-43-41-55(42-44-56)53-25-9-3-10-26-53)51-76(80)82(75)77-69(59-33-17-7-18-34-59)45-61(54-27-11-4-12-28-54)46-70(77)60-35-19-8-20-36-60/h3-52H,1-2H3. The third-order valence-electron chi connectivity index (χ3n) is 18.0. The Morgan fingerprint density at radius 2 is 0.578 bits per heavy atom. The first kappa shape index (κ1) is 48.6. The first-order chi connectivity index (χ1) is 40.9. The Balaban J connectivity index is 1.08. The molecule has 388 valence electrons. The van der Waals surface area contributed by atoms with Gasteiger partial charge in [0.1, 0.15) is 0 Å². The molecule has 16 rings (SSSR count). The van der Waals surface area contributed by atoms with Crippen molar-refractivity contribution in [2.24, 2.45) is 0 Å². The molecule has 1 nitrogen and oxygen atoms in total. The number of fused-ring (bicyclic) bond motifs is 1. The zero-order chi connectivity index (χ0) is 55.2. The van der Waals surface area contributed by atoms with Crippen molar-refractivity contribution in [1.82, 2.24) is 4.57 Å². The van der Waals surface area contributed by atoms with Gasteiger partial charge in [-0.15, -0.1) is 0 Å². The molecule has 0 bridgehead atoms. The third-order valence-corrected chi connectivity index (χ3v) is 18.0. The van der Waals surface area contributed by atoms with Gasteiger partial charge < -0.3 is 4.57 Å². The molecule has 0 atom stereocenters. The molecule has 0 amide bonds. The second-order valence-corrected chi connectivity index (χ2v) is 23.1. The lowest BCUT2D eigenvalue weighted by Gasteiger charge is -2.40. The van der Waals surface area contributed by atoms with Crippen molar-refractivity contribution in [3.05, 3.63) is 314 Å². The maximum absolute atomic E-state index is 2.71. The molecule has 2 heteroatoms. The Bertz CT molecular complexity index is 4750. The van der Waals surface area contributed by atoms with E-state index in [0.717, 1.165) is 0 Å². The zero-order valence-electron chi connectivity index (χ0n) is 46.4. The second kappa shape index (κ2) is 19.5. The fourth-order valence-electron chi connectivity index (χ4n) is 14.1. The summed E-state index contributed by atoms with van der Waals surface area (Å²) < 4.78 is 2.71. The predicted molar refractivity (Wildman–Crippen MR) is 353 cm³/mol. The number of rotatable bonds is 10. The van der Waals surface area contributed by atoms with Crippen molar-refractivity contribution < 1.29 is 0 Å². The highest BCUT2D eigenvalue weighted by molar-refractivity contribution is 6.99. The van der Waals surface area contributed by atoms with E-state index < -0.39 is 5.41 Å². The molecule has 83 heavy (non-hydrogen) atoms. The Kier molecular flexibility index (Phi) is 11.4. The first-order valence-electron chi connectivity index (χ1n) is 29.1. The van der Waals surface area contributed by atoms with E-state index in [0.29, 0.717) is 0 Å². The Hall–Kier alpha value is -10.3. The lowest BCUT2D eigenvalue weighted by atomic mass is 9.33. The highest BCUT2D eigenvalue weighted by atomic mass is 15.0. The molecule has 2 aliphatic heterocycles. The molecule has 0 aliphatic carbocycles. The van der Waals surface area contributed by atoms with E-state index in [4.69, 9.17) is 0 Å². The summed E-state index contributed by atoms with van der Waals surface area (Å²) in [6.07, 6.45) is 0. The van der Waals surface area contributed by atoms with Crippen molar-refractivity contribution in [2.45, 2.75) is 19.3 Å². The quantitative estimate of drug-likeness (QED) is 0.120. The molecule has 14 aromatic rings. The molecule has 3 heterocycles. The Morgan fingerprint density at radius 1 is 0.253 bits per heavy atom. The molecule has 13 aromatic carbocycles. The van der Waals surface area contributed by atoms with Gasteiger partial charge in [-0.1, -0.05) is 286 Å². The average molecular weight is 1050 g/mol. The van der Waals surface area contributed by atoms with E-state index in [9.17, 15) is 0 Å². The minimum atomic E-state index is -0.434. The minimum absolute atomic E-state index is 0.221. The number of nitrogens with zero attached hydrogens (tertiary/aromatic N) is 1. The summed E-state index contributed by atoms with van der Waals surface area (Å²) in [5, 5.41) is 2.53. The molecule has 0 radical (unpaired) electrons. The lowest BCUT2D eigenvalue weighted by molar-refractivity contribution is 0.631. The molecule has 0 saturated carbocycles. The van der Waals surface area contributed by atoms with E-state index in [1.54, 1.807) is 0 Å². The SMILES string of the molecule is CC1(C)c2cc(-c3ccc(-c4ccccc4)cc3)cc3c2-n2c4c(cc(-c5ccccc5-c5ccccc5)cc4c4cc(-c5ccccc5-c5ccccc5)cc1c42)B3c1c(-c2ccccc2)cc(-c2ccccc2)cc1-c1ccccc1. The van der Waals surface area contributed by atoms with Gasteiger partial charge in [0.15, 0.2) is 0 Å². The second-order valence-electron chi connectivity index (χ2n) is 23.1. The van der Waals surface area contributed by atoms with Gasteiger partial charge in [-0.05, 0) is 159 Å². The molecule has 0 N–H and O–H groups in total. The summed E-state index contributed by atoms with van der Waals surface area (Å²) in [6.45, 7) is 4.75. The van der Waals surface area contributed by atoms with E-state index in [1.807, 2.05) is 0 Å². The fraction of sp³-hybridized carbons (Fsp3) is 0.0370. The summed E-state index contributed by atoms with van der Waals surface area (Å²) in [7, 11) is 0. The number of hydrogen-bond donors (Lipinski definition) is 0. The number of hydrogen-bond acceptors (Lipinski definition) is 0. The third kappa shape index (κ3) is 7.93. The maximum atomic E-state index is 2.71. The van der Waals surface area contributed by atoms with E-state index in [2.05, 4.69) is 322 Å². The van der Waals surface area contributed by atoms with Crippen molar-refractivity contribution in [3.8, 4) is 106 Å². The van der Waals surface area contributed by atoms with Gasteiger partial charge in [0.05, 0.1) is 5.52 Å². The van der Waals surface area contributed by atoms with Crippen LogP contribution in [0.15, 0.2) is 303 Å². The van der Waals surface area contributed by atoms with Crippen LogP contribution in [0.4, 0.5) is 0 Å². The van der Waals surface area contributed by atoms with Crippen LogP contribution in [-0.4, -0.2) is 11.3 Å². The summed E-state index contributed by atoms with van der Waals surface area (Å²) in [4.78, 5) is 0. The minimum Gasteiger partial charge on any atom is -0.310 e. The summed E-state index contributed by atoms with van der Waals surface area (Å²) in [5.41, 5.74) is 31.7. The van der Waals surface area contributed by atoms with Crippen LogP contribution < -0.4 is 16.4 Å². The van der Waals surface area contributed by atoms with Gasteiger partial charge in [-0.2, -0.15) is 0 Å². The average Bonchev–Trinajstić information content (AvgIpc) is 1.64. The van der Waals surface area contributed by atoms with Crippen LogP contribution in [0.5, 0.6) is 0 Å².